The summed E-state index contributed by atoms with van der Waals surface area (Å²) < 4.78 is 20.8. The molecular weight excluding hydrogens is 378 g/mol. The van der Waals surface area contributed by atoms with Gasteiger partial charge in [-0.3, -0.25) is 9.59 Å². The minimum Gasteiger partial charge on any atom is -0.493 e. The summed E-state index contributed by atoms with van der Waals surface area (Å²) in [6, 6.07) is 10.0. The third-order valence-corrected chi connectivity index (χ3v) is 4.42. The Morgan fingerprint density at radius 1 is 0.862 bits per heavy atom. The van der Waals surface area contributed by atoms with E-state index in [-0.39, 0.29) is 18.9 Å². The van der Waals surface area contributed by atoms with Crippen LogP contribution in [0.1, 0.15) is 17.0 Å². The van der Waals surface area contributed by atoms with Gasteiger partial charge in [-0.2, -0.15) is 0 Å². The van der Waals surface area contributed by atoms with Crippen molar-refractivity contribution < 1.29 is 33.6 Å². The summed E-state index contributed by atoms with van der Waals surface area (Å²) in [4.78, 5) is 24.1. The van der Waals surface area contributed by atoms with Gasteiger partial charge in [-0.05, 0) is 35.4 Å². The summed E-state index contributed by atoms with van der Waals surface area (Å²) in [5, 5.41) is 12.3. The number of nitrogens with one attached hydrogen (secondary N) is 1. The summed E-state index contributed by atoms with van der Waals surface area (Å²) in [6.45, 7) is -0.0586. The smallest absolute Gasteiger partial charge is 0.312 e. The van der Waals surface area contributed by atoms with Gasteiger partial charge in [-0.1, -0.05) is 12.1 Å². The maximum atomic E-state index is 12.3. The highest BCUT2D eigenvalue weighted by molar-refractivity contribution is 5.81. The SMILES string of the molecule is COc1ccc(CC(=O)NCC(C(=O)O)c2ccc(OC)c(OC)c2)cc1OC. The summed E-state index contributed by atoms with van der Waals surface area (Å²) in [5.41, 5.74) is 1.22. The molecule has 1 unspecified atom stereocenters. The minimum atomic E-state index is -1.05. The molecule has 8 heteroatoms. The molecule has 0 radical (unpaired) electrons. The van der Waals surface area contributed by atoms with Gasteiger partial charge in [0.1, 0.15) is 0 Å². The zero-order valence-corrected chi connectivity index (χ0v) is 16.9. The Morgan fingerprint density at radius 3 is 1.97 bits per heavy atom. The van der Waals surface area contributed by atoms with E-state index in [1.165, 1.54) is 28.4 Å². The fraction of sp³-hybridized carbons (Fsp3) is 0.333. The van der Waals surface area contributed by atoms with Crippen LogP contribution in [0.4, 0.5) is 0 Å². The normalized spacial score (nSPS) is 11.3. The lowest BCUT2D eigenvalue weighted by Crippen LogP contribution is -2.32. The average molecular weight is 403 g/mol. The minimum absolute atomic E-state index is 0.0586. The van der Waals surface area contributed by atoms with Crippen molar-refractivity contribution in [2.45, 2.75) is 12.3 Å². The van der Waals surface area contributed by atoms with Crippen LogP contribution in [0.15, 0.2) is 36.4 Å². The maximum absolute atomic E-state index is 12.3. The Bertz CT molecular complexity index is 866. The number of carbonyl (C=O) groups is 2. The molecule has 2 N–H and O–H groups in total. The molecule has 29 heavy (non-hydrogen) atoms. The van der Waals surface area contributed by atoms with E-state index in [4.69, 9.17) is 18.9 Å². The van der Waals surface area contributed by atoms with Crippen molar-refractivity contribution >= 4 is 11.9 Å². The molecule has 0 saturated carbocycles. The van der Waals surface area contributed by atoms with Gasteiger partial charge in [0.2, 0.25) is 5.91 Å². The van der Waals surface area contributed by atoms with Crippen LogP contribution in [0.2, 0.25) is 0 Å². The van der Waals surface area contributed by atoms with Gasteiger partial charge in [0.05, 0.1) is 40.8 Å². The van der Waals surface area contributed by atoms with Crippen LogP contribution < -0.4 is 24.3 Å². The second kappa shape index (κ2) is 10.2. The van der Waals surface area contributed by atoms with E-state index in [1.807, 2.05) is 0 Å². The van der Waals surface area contributed by atoms with Crippen LogP contribution in [0.5, 0.6) is 23.0 Å². The number of amides is 1. The van der Waals surface area contributed by atoms with Gasteiger partial charge in [0, 0.05) is 6.54 Å². The van der Waals surface area contributed by atoms with Crippen LogP contribution in [0.25, 0.3) is 0 Å². The van der Waals surface area contributed by atoms with E-state index in [0.29, 0.717) is 28.6 Å². The van der Waals surface area contributed by atoms with Gasteiger partial charge >= 0.3 is 5.97 Å². The van der Waals surface area contributed by atoms with Gasteiger partial charge in [-0.15, -0.1) is 0 Å². The zero-order valence-electron chi connectivity index (χ0n) is 16.9. The van der Waals surface area contributed by atoms with Crippen LogP contribution in [-0.4, -0.2) is 52.0 Å². The van der Waals surface area contributed by atoms with E-state index < -0.39 is 11.9 Å². The fourth-order valence-electron chi connectivity index (χ4n) is 2.87. The third-order valence-electron chi connectivity index (χ3n) is 4.42. The lowest BCUT2D eigenvalue weighted by Gasteiger charge is -2.16. The molecule has 0 heterocycles. The number of carboxylic acid groups (broad SMARTS) is 1. The number of hydrogen-bond acceptors (Lipinski definition) is 6. The molecule has 0 saturated heterocycles. The molecule has 1 atom stereocenters. The summed E-state index contributed by atoms with van der Waals surface area (Å²) >= 11 is 0. The molecule has 2 aromatic rings. The van der Waals surface area contributed by atoms with Crippen LogP contribution >= 0.6 is 0 Å². The first-order chi connectivity index (χ1) is 13.9. The number of benzene rings is 2. The van der Waals surface area contributed by atoms with Gasteiger partial charge in [0.25, 0.3) is 0 Å². The number of carbonyl (C=O) groups excluding carboxylic acids is 1. The average Bonchev–Trinajstić information content (AvgIpc) is 2.73. The Morgan fingerprint density at radius 2 is 1.41 bits per heavy atom. The van der Waals surface area contributed by atoms with Crippen LogP contribution in [-0.2, 0) is 16.0 Å². The van der Waals surface area contributed by atoms with Crippen molar-refractivity contribution in [1.29, 1.82) is 0 Å². The number of hydrogen-bond donors (Lipinski definition) is 2. The zero-order chi connectivity index (χ0) is 21.4. The lowest BCUT2D eigenvalue weighted by atomic mass is 9.98. The molecule has 0 spiro atoms. The number of aliphatic carboxylic acids is 1. The largest absolute Gasteiger partial charge is 0.493 e. The molecule has 2 aromatic carbocycles. The maximum Gasteiger partial charge on any atom is 0.312 e. The highest BCUT2D eigenvalue weighted by Crippen LogP contribution is 2.31. The molecule has 1 amide bonds. The summed E-state index contributed by atoms with van der Waals surface area (Å²) in [7, 11) is 6.02. The predicted octanol–water partition coefficient (Wildman–Crippen LogP) is 2.25. The van der Waals surface area contributed by atoms with E-state index in [2.05, 4.69) is 5.32 Å². The predicted molar refractivity (Wildman–Crippen MR) is 106 cm³/mol. The Balaban J connectivity index is 2.07. The number of methoxy groups -OCH3 is 4. The Kier molecular flexibility index (Phi) is 7.70. The first kappa shape index (κ1) is 21.9. The second-order valence-corrected chi connectivity index (χ2v) is 6.18. The molecule has 0 aliphatic carbocycles. The molecule has 0 aliphatic heterocycles. The molecule has 0 aliphatic rings. The Labute approximate surface area is 169 Å². The van der Waals surface area contributed by atoms with E-state index in [9.17, 15) is 14.7 Å². The standard InChI is InChI=1S/C21H25NO7/c1-26-16-7-5-13(9-18(16)28-3)10-20(23)22-12-15(21(24)25)14-6-8-17(27-2)19(11-14)29-4/h5-9,11,15H,10,12H2,1-4H3,(H,22,23)(H,24,25). The molecule has 0 bridgehead atoms. The molecule has 156 valence electrons. The van der Waals surface area contributed by atoms with Gasteiger partial charge in [0.15, 0.2) is 23.0 Å². The first-order valence-electron chi connectivity index (χ1n) is 8.85. The molecule has 2 rings (SSSR count). The van der Waals surface area contributed by atoms with Crippen LogP contribution in [0, 0.1) is 0 Å². The number of ether oxygens (including phenoxy) is 4. The fourth-order valence-corrected chi connectivity index (χ4v) is 2.87. The highest BCUT2D eigenvalue weighted by Gasteiger charge is 2.22. The lowest BCUT2D eigenvalue weighted by molar-refractivity contribution is -0.138. The number of carboxylic acids is 1. The van der Waals surface area contributed by atoms with Crippen molar-refractivity contribution in [3.8, 4) is 23.0 Å². The second-order valence-electron chi connectivity index (χ2n) is 6.18. The number of rotatable bonds is 10. The molecule has 0 aromatic heterocycles. The van der Waals surface area contributed by atoms with E-state index >= 15 is 0 Å². The van der Waals surface area contributed by atoms with Crippen molar-refractivity contribution in [2.75, 3.05) is 35.0 Å². The molecule has 8 nitrogen and oxygen atoms in total. The van der Waals surface area contributed by atoms with Crippen LogP contribution in [0.3, 0.4) is 0 Å². The van der Waals surface area contributed by atoms with Gasteiger partial charge in [-0.25, -0.2) is 0 Å². The summed E-state index contributed by atoms with van der Waals surface area (Å²) in [6.07, 6.45) is 0.0820. The van der Waals surface area contributed by atoms with E-state index in [0.717, 1.165) is 5.56 Å². The van der Waals surface area contributed by atoms with Crippen molar-refractivity contribution in [3.05, 3.63) is 47.5 Å². The third kappa shape index (κ3) is 5.54. The Hall–Kier alpha value is -3.42. The molecule has 0 fully saturated rings. The highest BCUT2D eigenvalue weighted by atomic mass is 16.5. The van der Waals surface area contributed by atoms with Crippen molar-refractivity contribution in [3.63, 3.8) is 0 Å². The van der Waals surface area contributed by atoms with Crippen molar-refractivity contribution in [1.82, 2.24) is 5.32 Å². The van der Waals surface area contributed by atoms with E-state index in [1.54, 1.807) is 36.4 Å². The van der Waals surface area contributed by atoms with Gasteiger partial charge < -0.3 is 29.4 Å². The molecular formula is C21H25NO7. The van der Waals surface area contributed by atoms with Crippen molar-refractivity contribution in [2.24, 2.45) is 0 Å². The quantitative estimate of drug-likeness (QED) is 0.627. The topological polar surface area (TPSA) is 103 Å². The monoisotopic (exact) mass is 403 g/mol. The first-order valence-corrected chi connectivity index (χ1v) is 8.85. The summed E-state index contributed by atoms with van der Waals surface area (Å²) in [5.74, 6) is -0.273.